The fraction of sp³-hybridized carbons (Fsp3) is 0.519. The third-order valence-corrected chi connectivity index (χ3v) is 8.89. The van der Waals surface area contributed by atoms with E-state index >= 15 is 0 Å². The summed E-state index contributed by atoms with van der Waals surface area (Å²) in [6, 6.07) is 10.6. The van der Waals surface area contributed by atoms with Gasteiger partial charge in [-0.1, -0.05) is 44.9 Å². The maximum absolute atomic E-state index is 14.0. The molecular weight excluding hydrogens is 553 g/mol. The van der Waals surface area contributed by atoms with Crippen molar-refractivity contribution in [3.63, 3.8) is 0 Å². The van der Waals surface area contributed by atoms with Crippen LogP contribution in [0.25, 0.3) is 5.52 Å². The first kappa shape index (κ1) is 30.9. The molecule has 6 atom stereocenters. The quantitative estimate of drug-likeness (QED) is 0.169. The fourth-order valence-electron chi connectivity index (χ4n) is 4.56. The van der Waals surface area contributed by atoms with Gasteiger partial charge in [0, 0.05) is 0 Å². The summed E-state index contributed by atoms with van der Waals surface area (Å²) in [5, 5.41) is 28.7. The van der Waals surface area contributed by atoms with Gasteiger partial charge in [-0.15, -0.1) is 0 Å². The number of rotatable bonds is 13. The fourth-order valence-corrected chi connectivity index (χ4v) is 6.15. The highest BCUT2D eigenvalue weighted by atomic mass is 31.2. The van der Waals surface area contributed by atoms with E-state index in [4.69, 9.17) is 24.3 Å². The van der Waals surface area contributed by atoms with Gasteiger partial charge in [-0.25, -0.2) is 14.1 Å². The zero-order chi connectivity index (χ0) is 29.8. The van der Waals surface area contributed by atoms with Gasteiger partial charge in [-0.2, -0.15) is 10.2 Å². The molecule has 41 heavy (non-hydrogen) atoms. The molecule has 13 nitrogen and oxygen atoms in total. The number of ether oxygens (including phenoxy) is 2. The Hall–Kier alpha value is -3.06. The van der Waals surface area contributed by atoms with Crippen molar-refractivity contribution in [2.24, 2.45) is 5.92 Å². The first-order valence-electron chi connectivity index (χ1n) is 13.6. The molecule has 1 aromatic carbocycles. The molecule has 3 heterocycles. The van der Waals surface area contributed by atoms with E-state index in [1.54, 1.807) is 42.5 Å². The lowest BCUT2D eigenvalue weighted by Gasteiger charge is -2.30. The summed E-state index contributed by atoms with van der Waals surface area (Å²) in [6.07, 6.45) is -0.846. The molecule has 2 aromatic heterocycles. The van der Waals surface area contributed by atoms with Crippen LogP contribution in [-0.2, 0) is 23.4 Å². The smallest absolute Gasteiger partial charge is 0.459 e. The number of aliphatic hydroxyl groups excluding tert-OH is 2. The predicted molar refractivity (Wildman–Crippen MR) is 150 cm³/mol. The van der Waals surface area contributed by atoms with Crippen molar-refractivity contribution < 1.29 is 38.1 Å². The zero-order valence-electron chi connectivity index (χ0n) is 23.5. The normalized spacial score (nSPS) is 24.8. The summed E-state index contributed by atoms with van der Waals surface area (Å²) in [6.45, 7) is 6.82. The van der Waals surface area contributed by atoms with Crippen LogP contribution in [-0.4, -0.2) is 67.8 Å². The van der Waals surface area contributed by atoms with E-state index in [-0.39, 0.29) is 24.1 Å². The number of benzene rings is 1. The van der Waals surface area contributed by atoms with Gasteiger partial charge in [0.15, 0.2) is 5.82 Å². The van der Waals surface area contributed by atoms with Crippen molar-refractivity contribution in [3.8, 4) is 5.75 Å². The van der Waals surface area contributed by atoms with Gasteiger partial charge in [0.2, 0.25) is 0 Å². The monoisotopic (exact) mass is 591 g/mol. The van der Waals surface area contributed by atoms with Crippen LogP contribution < -0.4 is 15.3 Å². The summed E-state index contributed by atoms with van der Waals surface area (Å²) in [5.41, 5.74) is 5.33. The van der Waals surface area contributed by atoms with Crippen molar-refractivity contribution in [3.05, 3.63) is 54.5 Å². The van der Waals surface area contributed by atoms with Crippen LogP contribution in [0.15, 0.2) is 48.8 Å². The standard InChI is InChI=1S/C27H38N5O8P/c1-5-18(6-2)14-37-26(35)17(3)31-41(36,40-19-10-8-7-9-11-19)38-15-27(4)24(34)22(33)23(39-27)20-12-13-21-25(28)29-16-30-32(20)21/h7-13,16-18,22-24,33-34H,5-6,14-15H2,1-4H3,(H,31,36)(H2,28,29,30)/t17-,22+,23+,24+,27-,41+/m1/s1. The molecular formula is C27H38N5O8P. The molecule has 1 fully saturated rings. The van der Waals surface area contributed by atoms with Crippen LogP contribution in [0.5, 0.6) is 5.75 Å². The molecule has 0 saturated carbocycles. The molecule has 224 valence electrons. The summed E-state index contributed by atoms with van der Waals surface area (Å²) >= 11 is 0. The van der Waals surface area contributed by atoms with Crippen LogP contribution in [0, 0.1) is 5.92 Å². The summed E-state index contributed by atoms with van der Waals surface area (Å²) in [7, 11) is -4.25. The topological polar surface area (TPSA) is 180 Å². The highest BCUT2D eigenvalue weighted by Crippen LogP contribution is 2.48. The van der Waals surface area contributed by atoms with E-state index < -0.39 is 50.3 Å². The molecule has 1 saturated heterocycles. The van der Waals surface area contributed by atoms with E-state index in [9.17, 15) is 19.6 Å². The Bertz CT molecular complexity index is 1370. The summed E-state index contributed by atoms with van der Waals surface area (Å²) in [5.74, 6) is 0.0742. The molecule has 14 heteroatoms. The highest BCUT2D eigenvalue weighted by molar-refractivity contribution is 7.52. The molecule has 0 amide bonds. The Morgan fingerprint density at radius 2 is 1.93 bits per heavy atom. The SMILES string of the molecule is CCC(CC)COC(=O)[C@@H](C)N[P@](=O)(OC[C@@]1(C)O[C@@H](c2ccc3c(N)ncnn23)[C@H](O)[C@@H]1O)Oc1ccccc1. The third-order valence-electron chi connectivity index (χ3n) is 7.27. The Morgan fingerprint density at radius 1 is 1.22 bits per heavy atom. The largest absolute Gasteiger partial charge is 0.464 e. The van der Waals surface area contributed by atoms with Gasteiger partial charge in [0.25, 0.3) is 0 Å². The van der Waals surface area contributed by atoms with Gasteiger partial charge >= 0.3 is 13.7 Å². The summed E-state index contributed by atoms with van der Waals surface area (Å²) < 4.78 is 38.4. The second-order valence-corrected chi connectivity index (χ2v) is 12.0. The van der Waals surface area contributed by atoms with Gasteiger partial charge in [0.05, 0.1) is 18.9 Å². The van der Waals surface area contributed by atoms with Crippen molar-refractivity contribution in [1.29, 1.82) is 0 Å². The molecule has 5 N–H and O–H groups in total. The van der Waals surface area contributed by atoms with Crippen molar-refractivity contribution in [2.45, 2.75) is 70.5 Å². The molecule has 1 aliphatic heterocycles. The van der Waals surface area contributed by atoms with Crippen LogP contribution in [0.1, 0.15) is 52.3 Å². The second kappa shape index (κ2) is 12.8. The van der Waals surface area contributed by atoms with E-state index in [0.29, 0.717) is 11.2 Å². The minimum atomic E-state index is -4.25. The molecule has 3 aromatic rings. The van der Waals surface area contributed by atoms with E-state index in [1.807, 2.05) is 13.8 Å². The average Bonchev–Trinajstić information content (AvgIpc) is 3.49. The molecule has 0 bridgehead atoms. The van der Waals surface area contributed by atoms with E-state index in [0.717, 1.165) is 12.8 Å². The number of hydrogen-bond donors (Lipinski definition) is 4. The maximum atomic E-state index is 14.0. The number of hydrogen-bond acceptors (Lipinski definition) is 11. The third kappa shape index (κ3) is 6.88. The highest BCUT2D eigenvalue weighted by Gasteiger charge is 2.54. The van der Waals surface area contributed by atoms with Gasteiger partial charge in [-0.3, -0.25) is 9.32 Å². The molecule has 0 spiro atoms. The van der Waals surface area contributed by atoms with E-state index in [1.165, 1.54) is 24.7 Å². The lowest BCUT2D eigenvalue weighted by molar-refractivity contribution is -0.146. The average molecular weight is 592 g/mol. The number of nitrogens with two attached hydrogens (primary N) is 1. The van der Waals surface area contributed by atoms with Crippen molar-refractivity contribution >= 4 is 25.1 Å². The van der Waals surface area contributed by atoms with Crippen molar-refractivity contribution in [2.75, 3.05) is 18.9 Å². The predicted octanol–water partition coefficient (Wildman–Crippen LogP) is 3.02. The number of fused-ring (bicyclic) bond motifs is 1. The first-order chi connectivity index (χ1) is 19.5. The number of anilines is 1. The number of para-hydroxylation sites is 1. The Labute approximate surface area is 238 Å². The Kier molecular flexibility index (Phi) is 9.68. The molecule has 0 aliphatic carbocycles. The van der Waals surface area contributed by atoms with Gasteiger partial charge < -0.3 is 29.9 Å². The number of esters is 1. The lowest BCUT2D eigenvalue weighted by atomic mass is 9.97. The van der Waals surface area contributed by atoms with Crippen LogP contribution in [0.4, 0.5) is 5.82 Å². The maximum Gasteiger partial charge on any atom is 0.459 e. The number of nitrogens with one attached hydrogen (secondary N) is 1. The van der Waals surface area contributed by atoms with Gasteiger partial charge in [0.1, 0.15) is 47.5 Å². The zero-order valence-corrected chi connectivity index (χ0v) is 24.4. The number of nitrogen functional groups attached to an aromatic ring is 1. The lowest BCUT2D eigenvalue weighted by Crippen LogP contribution is -2.45. The number of aliphatic hydroxyl groups is 2. The van der Waals surface area contributed by atoms with Crippen molar-refractivity contribution in [1.82, 2.24) is 19.7 Å². The Morgan fingerprint density at radius 3 is 2.61 bits per heavy atom. The minimum Gasteiger partial charge on any atom is -0.464 e. The number of aromatic nitrogens is 3. The minimum absolute atomic E-state index is 0.218. The molecule has 0 unspecified atom stereocenters. The summed E-state index contributed by atoms with van der Waals surface area (Å²) in [4.78, 5) is 16.7. The number of nitrogens with zero attached hydrogens (tertiary/aromatic N) is 3. The van der Waals surface area contributed by atoms with Gasteiger partial charge in [-0.05, 0) is 44.0 Å². The molecule has 4 rings (SSSR count). The Balaban J connectivity index is 1.51. The van der Waals surface area contributed by atoms with Crippen LogP contribution in [0.3, 0.4) is 0 Å². The van der Waals surface area contributed by atoms with Crippen LogP contribution in [0.2, 0.25) is 0 Å². The molecule has 0 radical (unpaired) electrons. The molecule has 1 aliphatic rings. The van der Waals surface area contributed by atoms with E-state index in [2.05, 4.69) is 15.2 Å². The second-order valence-electron chi connectivity index (χ2n) is 10.3. The number of carbonyl (C=O) groups excluding carboxylic acids is 1. The first-order valence-corrected chi connectivity index (χ1v) is 15.1. The number of carbonyl (C=O) groups is 1. The van der Waals surface area contributed by atoms with Crippen LogP contribution >= 0.6 is 7.75 Å².